The number of rotatable bonds is 7. The van der Waals surface area contributed by atoms with Crippen LogP contribution >= 0.6 is 0 Å². The first-order chi connectivity index (χ1) is 12.8. The number of nitrogens with one attached hydrogen (secondary N) is 2. The summed E-state index contributed by atoms with van der Waals surface area (Å²) in [5.74, 6) is 0.179. The summed E-state index contributed by atoms with van der Waals surface area (Å²) in [6, 6.07) is 24.7. The molecule has 0 spiro atoms. The van der Waals surface area contributed by atoms with Crippen molar-refractivity contribution in [2.75, 3.05) is 11.9 Å². The van der Waals surface area contributed by atoms with E-state index in [-0.39, 0.29) is 0 Å². The maximum atomic E-state index is 11.7. The zero-order chi connectivity index (χ0) is 18.2. The second-order valence-corrected chi connectivity index (χ2v) is 5.72. The zero-order valence-corrected chi connectivity index (χ0v) is 14.2. The summed E-state index contributed by atoms with van der Waals surface area (Å²) >= 11 is 0. The molecule has 0 saturated carbocycles. The molecule has 0 heterocycles. The molecule has 3 aromatic rings. The van der Waals surface area contributed by atoms with E-state index >= 15 is 0 Å². The highest BCUT2D eigenvalue weighted by molar-refractivity contribution is 5.99. The van der Waals surface area contributed by atoms with E-state index in [4.69, 9.17) is 9.94 Å². The van der Waals surface area contributed by atoms with Gasteiger partial charge < -0.3 is 10.1 Å². The van der Waals surface area contributed by atoms with E-state index in [0.717, 1.165) is 17.9 Å². The molecule has 132 valence electrons. The van der Waals surface area contributed by atoms with Gasteiger partial charge in [-0.15, -0.1) is 0 Å². The summed E-state index contributed by atoms with van der Waals surface area (Å²) in [5.41, 5.74) is 4.63. The molecule has 0 bridgehead atoms. The highest BCUT2D eigenvalue weighted by Gasteiger charge is 2.10. The summed E-state index contributed by atoms with van der Waals surface area (Å²) in [4.78, 5) is 11.7. The highest BCUT2D eigenvalue weighted by Crippen LogP contribution is 2.24. The standard InChI is InChI=1S/C21H20N2O3/c24-21(23-25)19-11-4-5-12-20(19)22-17-9-6-10-18(15-17)26-14-13-16-7-2-1-3-8-16/h1-12,15,22,25H,13-14H2,(H,23,24). The van der Waals surface area contributed by atoms with Crippen LogP contribution in [0.3, 0.4) is 0 Å². The van der Waals surface area contributed by atoms with Gasteiger partial charge in [0.15, 0.2) is 0 Å². The second kappa shape index (κ2) is 8.69. The fraction of sp³-hybridized carbons (Fsp3) is 0.0952. The van der Waals surface area contributed by atoms with Gasteiger partial charge in [-0.1, -0.05) is 48.5 Å². The van der Waals surface area contributed by atoms with Gasteiger partial charge in [0.1, 0.15) is 5.75 Å². The van der Waals surface area contributed by atoms with Gasteiger partial charge in [-0.3, -0.25) is 10.0 Å². The number of anilines is 2. The Balaban J connectivity index is 1.65. The van der Waals surface area contributed by atoms with Gasteiger partial charge >= 0.3 is 0 Å². The Labute approximate surface area is 152 Å². The predicted octanol–water partition coefficient (Wildman–Crippen LogP) is 4.17. The van der Waals surface area contributed by atoms with Crippen molar-refractivity contribution in [3.63, 3.8) is 0 Å². The van der Waals surface area contributed by atoms with Gasteiger partial charge in [0.05, 0.1) is 17.9 Å². The molecule has 5 heteroatoms. The lowest BCUT2D eigenvalue weighted by Crippen LogP contribution is -2.19. The van der Waals surface area contributed by atoms with Crippen LogP contribution in [0.4, 0.5) is 11.4 Å². The van der Waals surface area contributed by atoms with Crippen molar-refractivity contribution in [2.24, 2.45) is 0 Å². The lowest BCUT2D eigenvalue weighted by atomic mass is 10.1. The Hall–Kier alpha value is -3.31. The largest absolute Gasteiger partial charge is 0.493 e. The third-order valence-electron chi connectivity index (χ3n) is 3.89. The Kier molecular flexibility index (Phi) is 5.85. The van der Waals surface area contributed by atoms with Crippen LogP contribution in [0, 0.1) is 0 Å². The normalized spacial score (nSPS) is 10.2. The number of carbonyl (C=O) groups is 1. The fourth-order valence-electron chi connectivity index (χ4n) is 2.60. The average molecular weight is 348 g/mol. The molecule has 3 rings (SSSR count). The number of hydrogen-bond donors (Lipinski definition) is 3. The first-order valence-electron chi connectivity index (χ1n) is 8.33. The van der Waals surface area contributed by atoms with Crippen LogP contribution in [-0.2, 0) is 6.42 Å². The summed E-state index contributed by atoms with van der Waals surface area (Å²) in [7, 11) is 0. The maximum absolute atomic E-state index is 11.7. The number of carbonyl (C=O) groups excluding carboxylic acids is 1. The van der Waals surface area contributed by atoms with Crippen LogP contribution < -0.4 is 15.5 Å². The molecule has 0 aliphatic rings. The SMILES string of the molecule is O=C(NO)c1ccccc1Nc1cccc(OCCc2ccccc2)c1. The average Bonchev–Trinajstić information content (AvgIpc) is 2.69. The third-order valence-corrected chi connectivity index (χ3v) is 3.89. The van der Waals surface area contributed by atoms with E-state index in [1.54, 1.807) is 23.7 Å². The van der Waals surface area contributed by atoms with Crippen molar-refractivity contribution < 1.29 is 14.7 Å². The third kappa shape index (κ3) is 4.62. The molecule has 26 heavy (non-hydrogen) atoms. The molecule has 0 unspecified atom stereocenters. The molecule has 3 N–H and O–H groups in total. The Morgan fingerprint density at radius 1 is 0.923 bits per heavy atom. The summed E-state index contributed by atoms with van der Waals surface area (Å²) in [6.07, 6.45) is 0.831. The molecule has 5 nitrogen and oxygen atoms in total. The van der Waals surface area contributed by atoms with Gasteiger partial charge in [0.25, 0.3) is 5.91 Å². The summed E-state index contributed by atoms with van der Waals surface area (Å²) in [6.45, 7) is 0.580. The first-order valence-corrected chi connectivity index (χ1v) is 8.33. The Morgan fingerprint density at radius 2 is 1.69 bits per heavy atom. The number of amides is 1. The van der Waals surface area contributed by atoms with Gasteiger partial charge in [0.2, 0.25) is 0 Å². The highest BCUT2D eigenvalue weighted by atomic mass is 16.5. The van der Waals surface area contributed by atoms with Crippen LogP contribution in [0.25, 0.3) is 0 Å². The molecule has 0 atom stereocenters. The zero-order valence-electron chi connectivity index (χ0n) is 14.2. The molecular weight excluding hydrogens is 328 g/mol. The second-order valence-electron chi connectivity index (χ2n) is 5.72. The maximum Gasteiger partial charge on any atom is 0.276 e. The van der Waals surface area contributed by atoms with Crippen LogP contribution in [0.2, 0.25) is 0 Å². The van der Waals surface area contributed by atoms with Crippen molar-refractivity contribution in [3.05, 3.63) is 90.0 Å². The van der Waals surface area contributed by atoms with E-state index in [1.165, 1.54) is 5.56 Å². The molecule has 0 aliphatic carbocycles. The molecule has 0 fully saturated rings. The Morgan fingerprint density at radius 3 is 2.50 bits per heavy atom. The number of benzene rings is 3. The van der Waals surface area contributed by atoms with Crippen LogP contribution in [0.1, 0.15) is 15.9 Å². The fourth-order valence-corrected chi connectivity index (χ4v) is 2.60. The van der Waals surface area contributed by atoms with Crippen molar-refractivity contribution >= 4 is 17.3 Å². The number of hydrogen-bond acceptors (Lipinski definition) is 4. The molecule has 0 saturated heterocycles. The molecule has 1 amide bonds. The van der Waals surface area contributed by atoms with Crippen molar-refractivity contribution in [3.8, 4) is 5.75 Å². The minimum absolute atomic E-state index is 0.352. The van der Waals surface area contributed by atoms with Crippen LogP contribution in [0.5, 0.6) is 5.75 Å². The smallest absolute Gasteiger partial charge is 0.276 e. The first kappa shape index (κ1) is 17.5. The van der Waals surface area contributed by atoms with Crippen molar-refractivity contribution in [1.29, 1.82) is 0 Å². The molecular formula is C21H20N2O3. The van der Waals surface area contributed by atoms with Gasteiger partial charge in [-0.2, -0.15) is 0 Å². The van der Waals surface area contributed by atoms with E-state index in [9.17, 15) is 4.79 Å². The number of para-hydroxylation sites is 1. The molecule has 0 aliphatic heterocycles. The van der Waals surface area contributed by atoms with Gasteiger partial charge in [-0.25, -0.2) is 5.48 Å². The van der Waals surface area contributed by atoms with Crippen molar-refractivity contribution in [2.45, 2.75) is 6.42 Å². The lowest BCUT2D eigenvalue weighted by Gasteiger charge is -2.12. The number of hydroxylamine groups is 1. The van der Waals surface area contributed by atoms with Crippen molar-refractivity contribution in [1.82, 2.24) is 5.48 Å². The predicted molar refractivity (Wildman–Crippen MR) is 101 cm³/mol. The molecule has 3 aromatic carbocycles. The molecule has 0 aromatic heterocycles. The Bertz CT molecular complexity index is 866. The van der Waals surface area contributed by atoms with E-state index < -0.39 is 5.91 Å². The minimum atomic E-state index is -0.566. The van der Waals surface area contributed by atoms with E-state index in [0.29, 0.717) is 17.9 Å². The number of ether oxygens (including phenoxy) is 1. The van der Waals surface area contributed by atoms with Gasteiger partial charge in [0, 0.05) is 18.2 Å². The van der Waals surface area contributed by atoms with E-state index in [1.807, 2.05) is 48.5 Å². The monoisotopic (exact) mass is 348 g/mol. The summed E-state index contributed by atoms with van der Waals surface area (Å²) < 4.78 is 5.83. The quantitative estimate of drug-likeness (QED) is 0.443. The van der Waals surface area contributed by atoms with E-state index in [2.05, 4.69) is 17.4 Å². The summed E-state index contributed by atoms with van der Waals surface area (Å²) in [5, 5.41) is 12.1. The van der Waals surface area contributed by atoms with Gasteiger partial charge in [-0.05, 0) is 29.8 Å². The van der Waals surface area contributed by atoms with Crippen LogP contribution in [-0.4, -0.2) is 17.7 Å². The van der Waals surface area contributed by atoms with Crippen LogP contribution in [0.15, 0.2) is 78.9 Å². The minimum Gasteiger partial charge on any atom is -0.493 e. The molecule has 0 radical (unpaired) electrons. The topological polar surface area (TPSA) is 70.6 Å². The lowest BCUT2D eigenvalue weighted by molar-refractivity contribution is 0.0707.